The Labute approximate surface area is 231 Å². The lowest BCUT2D eigenvalue weighted by Gasteiger charge is -2.36. The topological polar surface area (TPSA) is 121 Å². The van der Waals surface area contributed by atoms with E-state index in [1.54, 1.807) is 58.9 Å². The van der Waals surface area contributed by atoms with Gasteiger partial charge in [0.05, 0.1) is 17.4 Å². The second-order valence-corrected chi connectivity index (χ2v) is 9.84. The average Bonchev–Trinajstić information content (AvgIpc) is 2.99. The highest BCUT2D eigenvalue weighted by atomic mass is 16.5. The van der Waals surface area contributed by atoms with Crippen molar-refractivity contribution in [3.63, 3.8) is 0 Å². The van der Waals surface area contributed by atoms with Crippen molar-refractivity contribution in [3.05, 3.63) is 102 Å². The number of hydrogen-bond donors (Lipinski definition) is 3. The number of likely N-dealkylation sites (tertiary alicyclic amines) is 1. The molecule has 40 heavy (non-hydrogen) atoms. The summed E-state index contributed by atoms with van der Waals surface area (Å²) in [5.74, 6) is -2.25. The molecule has 3 amide bonds. The number of nitrogens with zero attached hydrogens (tertiary/aromatic N) is 2. The monoisotopic (exact) mass is 538 g/mol. The van der Waals surface area contributed by atoms with Gasteiger partial charge in [-0.3, -0.25) is 24.6 Å². The summed E-state index contributed by atoms with van der Waals surface area (Å²) in [6.45, 7) is 2.66. The molecule has 1 fully saturated rings. The van der Waals surface area contributed by atoms with Gasteiger partial charge in [0.1, 0.15) is 12.4 Å². The predicted octanol–water partition coefficient (Wildman–Crippen LogP) is 4.34. The molecule has 1 unspecified atom stereocenters. The lowest BCUT2D eigenvalue weighted by Crippen LogP contribution is -2.51. The Kier molecular flexibility index (Phi) is 8.02. The number of anilines is 1. The fourth-order valence-corrected chi connectivity index (χ4v) is 5.11. The molecule has 1 aliphatic rings. The number of pyridine rings is 1. The highest BCUT2D eigenvalue weighted by Gasteiger charge is 2.40. The van der Waals surface area contributed by atoms with E-state index in [-0.39, 0.29) is 24.8 Å². The summed E-state index contributed by atoms with van der Waals surface area (Å²) in [6, 6.07) is 25.7. The van der Waals surface area contributed by atoms with Gasteiger partial charge >= 0.3 is 0 Å². The van der Waals surface area contributed by atoms with Crippen LogP contribution in [-0.4, -0.2) is 45.9 Å². The summed E-state index contributed by atoms with van der Waals surface area (Å²) in [5.41, 5.74) is 5.57. The number of aryl methyl sites for hydroxylation is 1. The van der Waals surface area contributed by atoms with Crippen LogP contribution >= 0.6 is 0 Å². The Morgan fingerprint density at radius 1 is 0.950 bits per heavy atom. The van der Waals surface area contributed by atoms with Crippen molar-refractivity contribution >= 4 is 34.3 Å². The zero-order valence-corrected chi connectivity index (χ0v) is 22.0. The van der Waals surface area contributed by atoms with Crippen molar-refractivity contribution in [1.82, 2.24) is 15.4 Å². The van der Waals surface area contributed by atoms with Gasteiger partial charge in [0.15, 0.2) is 0 Å². The minimum atomic E-state index is -0.896. The molecule has 0 radical (unpaired) electrons. The summed E-state index contributed by atoms with van der Waals surface area (Å²) >= 11 is 0. The number of amides is 3. The molecule has 4 aromatic rings. The first kappa shape index (κ1) is 26.8. The molecule has 1 aromatic heterocycles. The van der Waals surface area contributed by atoms with E-state index in [4.69, 9.17) is 4.74 Å². The van der Waals surface area contributed by atoms with Crippen LogP contribution in [0.1, 0.15) is 28.0 Å². The molecule has 1 aliphatic heterocycles. The maximum absolute atomic E-state index is 13.2. The number of hydroxylamine groups is 1. The summed E-state index contributed by atoms with van der Waals surface area (Å²) in [4.78, 5) is 44.7. The molecule has 0 spiro atoms. The third kappa shape index (κ3) is 5.94. The largest absolute Gasteiger partial charge is 0.489 e. The van der Waals surface area contributed by atoms with Gasteiger partial charge < -0.3 is 15.0 Å². The Morgan fingerprint density at radius 2 is 1.68 bits per heavy atom. The number of carbonyl (C=O) groups excluding carboxylic acids is 3. The Bertz CT molecular complexity index is 1520. The number of para-hydroxylation sites is 1. The molecule has 5 rings (SSSR count). The molecule has 9 heteroatoms. The Hall–Kier alpha value is -4.76. The maximum atomic E-state index is 13.2. The highest BCUT2D eigenvalue weighted by Crippen LogP contribution is 2.28. The van der Waals surface area contributed by atoms with E-state index in [9.17, 15) is 19.6 Å². The number of nitrogens with one attached hydrogen (secondary N) is 2. The zero-order chi connectivity index (χ0) is 28.1. The second kappa shape index (κ2) is 12.0. The van der Waals surface area contributed by atoms with Crippen LogP contribution in [0.25, 0.3) is 10.9 Å². The van der Waals surface area contributed by atoms with E-state index >= 15 is 0 Å². The molecule has 0 saturated carbocycles. The number of ether oxygens (including phenoxy) is 1. The predicted molar refractivity (Wildman–Crippen MR) is 150 cm³/mol. The van der Waals surface area contributed by atoms with Crippen LogP contribution in [0.15, 0.2) is 84.9 Å². The minimum absolute atomic E-state index is 0.0220. The Morgan fingerprint density at radius 3 is 2.42 bits per heavy atom. The molecule has 9 nitrogen and oxygen atoms in total. The van der Waals surface area contributed by atoms with Gasteiger partial charge in [-0.25, -0.2) is 5.48 Å². The summed E-state index contributed by atoms with van der Waals surface area (Å²) < 4.78 is 6.01. The number of benzene rings is 3. The molecular formula is C31H30N4O5. The van der Waals surface area contributed by atoms with Crippen LogP contribution in [0.4, 0.5) is 5.69 Å². The van der Waals surface area contributed by atoms with Gasteiger partial charge in [-0.2, -0.15) is 0 Å². The fourth-order valence-electron chi connectivity index (χ4n) is 5.11. The molecule has 3 aromatic carbocycles. The van der Waals surface area contributed by atoms with Crippen molar-refractivity contribution in [2.45, 2.75) is 20.0 Å². The number of hydrogen-bond acceptors (Lipinski definition) is 6. The van der Waals surface area contributed by atoms with Crippen molar-refractivity contribution < 1.29 is 24.3 Å². The summed E-state index contributed by atoms with van der Waals surface area (Å²) in [6.07, 6.45) is 0.281. The maximum Gasteiger partial charge on any atom is 0.253 e. The first-order chi connectivity index (χ1) is 19.4. The molecule has 0 bridgehead atoms. The van der Waals surface area contributed by atoms with E-state index < -0.39 is 17.7 Å². The van der Waals surface area contributed by atoms with Crippen LogP contribution in [0.5, 0.6) is 5.75 Å². The number of rotatable bonds is 7. The number of aromatic nitrogens is 1. The van der Waals surface area contributed by atoms with Crippen molar-refractivity contribution in [2.24, 2.45) is 11.8 Å². The smallest absolute Gasteiger partial charge is 0.253 e. The van der Waals surface area contributed by atoms with Gasteiger partial charge in [-0.05, 0) is 61.9 Å². The third-order valence-electron chi connectivity index (χ3n) is 7.15. The van der Waals surface area contributed by atoms with Crippen molar-refractivity contribution in [2.75, 3.05) is 18.4 Å². The van der Waals surface area contributed by atoms with Crippen LogP contribution in [-0.2, 0) is 16.2 Å². The third-order valence-corrected chi connectivity index (χ3v) is 7.15. The molecule has 3 N–H and O–H groups in total. The highest BCUT2D eigenvalue weighted by molar-refractivity contribution is 5.98. The van der Waals surface area contributed by atoms with Crippen LogP contribution in [0, 0.1) is 18.8 Å². The molecule has 2 atom stereocenters. The average molecular weight is 539 g/mol. The normalized spacial score (nSPS) is 16.8. The van der Waals surface area contributed by atoms with Gasteiger partial charge in [0.25, 0.3) is 5.91 Å². The Balaban J connectivity index is 1.22. The van der Waals surface area contributed by atoms with E-state index in [0.717, 1.165) is 22.2 Å². The first-order valence-electron chi connectivity index (χ1n) is 13.1. The molecule has 204 valence electrons. The van der Waals surface area contributed by atoms with E-state index in [2.05, 4.69) is 10.3 Å². The molecule has 0 aliphatic carbocycles. The second-order valence-electron chi connectivity index (χ2n) is 9.84. The number of piperidine rings is 1. The van der Waals surface area contributed by atoms with E-state index in [1.807, 2.05) is 43.3 Å². The molecular weight excluding hydrogens is 508 g/mol. The van der Waals surface area contributed by atoms with Gasteiger partial charge in [0, 0.05) is 41.0 Å². The first-order valence-corrected chi connectivity index (χ1v) is 13.1. The van der Waals surface area contributed by atoms with Gasteiger partial charge in [-0.1, -0.05) is 36.4 Å². The fraction of sp³-hybridized carbons (Fsp3) is 0.226. The molecule has 2 heterocycles. The summed E-state index contributed by atoms with van der Waals surface area (Å²) in [7, 11) is 0. The molecule has 1 saturated heterocycles. The standard InChI is InChI=1S/C31H30N4O5/c1-20-17-22(25-9-5-6-10-28(25)32-20)19-40-24-13-11-23(12-14-24)33-29(36)26-15-16-35(18-27(26)30(37)34-39)31(38)21-7-3-2-4-8-21/h2-14,17,26-27,39H,15-16,18-19H2,1H3,(H,33,36)(H,34,37)/t26?,27-/m0/s1. The van der Waals surface area contributed by atoms with Gasteiger partial charge in [0.2, 0.25) is 11.8 Å². The van der Waals surface area contributed by atoms with Crippen molar-refractivity contribution in [1.29, 1.82) is 0 Å². The summed E-state index contributed by atoms with van der Waals surface area (Å²) in [5, 5.41) is 13.2. The SMILES string of the molecule is Cc1cc(COc2ccc(NC(=O)C3CCN(C(=O)c4ccccc4)C[C@@H]3C(=O)NO)cc2)c2ccccc2n1. The van der Waals surface area contributed by atoms with Gasteiger partial charge in [-0.15, -0.1) is 0 Å². The minimum Gasteiger partial charge on any atom is -0.489 e. The number of carbonyl (C=O) groups is 3. The van der Waals surface area contributed by atoms with Crippen molar-refractivity contribution in [3.8, 4) is 5.75 Å². The quantitative estimate of drug-likeness (QED) is 0.238. The lowest BCUT2D eigenvalue weighted by atomic mass is 9.83. The van der Waals surface area contributed by atoms with E-state index in [0.29, 0.717) is 30.2 Å². The zero-order valence-electron chi connectivity index (χ0n) is 22.0. The van der Waals surface area contributed by atoms with Crippen LogP contribution in [0.3, 0.4) is 0 Å². The number of fused-ring (bicyclic) bond motifs is 1. The van der Waals surface area contributed by atoms with Crippen LogP contribution in [0.2, 0.25) is 0 Å². The van der Waals surface area contributed by atoms with E-state index in [1.165, 1.54) is 0 Å². The van der Waals surface area contributed by atoms with Crippen LogP contribution < -0.4 is 15.5 Å². The lowest BCUT2D eigenvalue weighted by molar-refractivity contribution is -0.141.